The van der Waals surface area contributed by atoms with E-state index < -0.39 is 0 Å². The van der Waals surface area contributed by atoms with Crippen LogP contribution in [-0.4, -0.2) is 41.9 Å². The first kappa shape index (κ1) is 19.6. The zero-order chi connectivity index (χ0) is 19.8. The van der Waals surface area contributed by atoms with E-state index in [2.05, 4.69) is 29.2 Å². The fourth-order valence-electron chi connectivity index (χ4n) is 7.23. The molecule has 1 spiro atoms. The highest BCUT2D eigenvalue weighted by Gasteiger charge is 2.48. The molecule has 0 atom stereocenters. The second kappa shape index (κ2) is 8.06. The van der Waals surface area contributed by atoms with E-state index in [4.69, 9.17) is 0 Å². The molecule has 0 bridgehead atoms. The quantitative estimate of drug-likeness (QED) is 0.694. The molecule has 4 aliphatic rings. The van der Waals surface area contributed by atoms with Crippen LogP contribution in [0, 0.1) is 11.8 Å². The van der Waals surface area contributed by atoms with Gasteiger partial charge in [-0.2, -0.15) is 0 Å². The Morgan fingerprint density at radius 1 is 0.862 bits per heavy atom. The number of likely N-dealkylation sites (N-methyl/N-ethyl adjacent to an activating group) is 1. The maximum atomic E-state index is 13.3. The summed E-state index contributed by atoms with van der Waals surface area (Å²) in [5.74, 6) is 2.39. The van der Waals surface area contributed by atoms with Gasteiger partial charge in [0.1, 0.15) is 0 Å². The van der Waals surface area contributed by atoms with Gasteiger partial charge in [-0.3, -0.25) is 4.79 Å². The van der Waals surface area contributed by atoms with Gasteiger partial charge in [0.15, 0.2) is 0 Å². The van der Waals surface area contributed by atoms with Crippen LogP contribution in [0.4, 0.5) is 0 Å². The van der Waals surface area contributed by atoms with Crippen molar-refractivity contribution >= 4 is 5.91 Å². The van der Waals surface area contributed by atoms with E-state index in [1.807, 2.05) is 11.9 Å². The summed E-state index contributed by atoms with van der Waals surface area (Å²) in [4.78, 5) is 18.0. The molecule has 0 unspecified atom stereocenters. The molecule has 0 radical (unpaired) electrons. The molecule has 2 aliphatic heterocycles. The standard InChI is InChI=1S/C26H38N2O/c1-27-19-22-9-5-6-10-24(22)26(25(27)29)15-17-28(18-16-26)23-13-11-21(12-14-23)20-7-3-2-4-8-20/h5-6,9-10,20-21,23H,2-4,7-8,11-19H2,1H3/t21-,23+. The van der Waals surface area contributed by atoms with Crippen molar-refractivity contribution < 1.29 is 4.79 Å². The van der Waals surface area contributed by atoms with E-state index in [9.17, 15) is 4.79 Å². The highest BCUT2D eigenvalue weighted by molar-refractivity contribution is 5.90. The van der Waals surface area contributed by atoms with E-state index >= 15 is 0 Å². The molecule has 0 aromatic heterocycles. The Morgan fingerprint density at radius 3 is 2.24 bits per heavy atom. The van der Waals surface area contributed by atoms with Crippen LogP contribution in [-0.2, 0) is 16.8 Å². The predicted molar refractivity (Wildman–Crippen MR) is 118 cm³/mol. The van der Waals surface area contributed by atoms with Crippen LogP contribution in [0.2, 0.25) is 0 Å². The van der Waals surface area contributed by atoms with E-state index in [1.54, 1.807) is 0 Å². The highest BCUT2D eigenvalue weighted by atomic mass is 16.2. The molecule has 3 nitrogen and oxygen atoms in total. The van der Waals surface area contributed by atoms with Crippen LogP contribution in [0.1, 0.15) is 81.8 Å². The Kier molecular flexibility index (Phi) is 5.45. The fraction of sp³-hybridized carbons (Fsp3) is 0.731. The largest absolute Gasteiger partial charge is 0.341 e. The van der Waals surface area contributed by atoms with Gasteiger partial charge in [-0.25, -0.2) is 0 Å². The third kappa shape index (κ3) is 3.54. The van der Waals surface area contributed by atoms with Gasteiger partial charge in [-0.05, 0) is 74.6 Å². The van der Waals surface area contributed by atoms with Crippen LogP contribution < -0.4 is 0 Å². The molecule has 1 aromatic rings. The lowest BCUT2D eigenvalue weighted by molar-refractivity contribution is -0.140. The molecule has 1 aromatic carbocycles. The average molecular weight is 395 g/mol. The summed E-state index contributed by atoms with van der Waals surface area (Å²) in [5.41, 5.74) is 2.42. The molecule has 1 saturated heterocycles. The third-order valence-corrected chi connectivity index (χ3v) is 8.92. The van der Waals surface area contributed by atoms with Gasteiger partial charge in [0.25, 0.3) is 0 Å². The van der Waals surface area contributed by atoms with Crippen LogP contribution in [0.15, 0.2) is 24.3 Å². The van der Waals surface area contributed by atoms with Gasteiger partial charge in [0.05, 0.1) is 5.41 Å². The van der Waals surface area contributed by atoms with Crippen molar-refractivity contribution in [2.45, 2.75) is 88.6 Å². The number of benzene rings is 1. The lowest BCUT2D eigenvalue weighted by Crippen LogP contribution is -2.56. The summed E-state index contributed by atoms with van der Waals surface area (Å²) in [6.07, 6.45) is 15.1. The average Bonchev–Trinajstić information content (AvgIpc) is 2.79. The molecule has 2 saturated carbocycles. The zero-order valence-corrected chi connectivity index (χ0v) is 18.2. The number of carbonyl (C=O) groups is 1. The molecule has 29 heavy (non-hydrogen) atoms. The Balaban J connectivity index is 1.23. The first-order valence-electron chi connectivity index (χ1n) is 12.3. The van der Waals surface area contributed by atoms with E-state index in [-0.39, 0.29) is 5.41 Å². The van der Waals surface area contributed by atoms with Crippen molar-refractivity contribution in [3.05, 3.63) is 35.4 Å². The monoisotopic (exact) mass is 394 g/mol. The minimum Gasteiger partial charge on any atom is -0.341 e. The number of amides is 1. The normalized spacial score (nSPS) is 31.1. The number of fused-ring (bicyclic) bond motifs is 2. The van der Waals surface area contributed by atoms with Gasteiger partial charge < -0.3 is 9.80 Å². The van der Waals surface area contributed by atoms with Gasteiger partial charge in [0, 0.05) is 19.6 Å². The number of hydrogen-bond acceptors (Lipinski definition) is 2. The first-order chi connectivity index (χ1) is 14.2. The summed E-state index contributed by atoms with van der Waals surface area (Å²) < 4.78 is 0. The van der Waals surface area contributed by atoms with Crippen molar-refractivity contribution in [2.75, 3.05) is 20.1 Å². The number of likely N-dealkylation sites (tertiary alicyclic amines) is 1. The van der Waals surface area contributed by atoms with Crippen molar-refractivity contribution in [1.82, 2.24) is 9.80 Å². The number of nitrogens with zero attached hydrogens (tertiary/aromatic N) is 2. The summed E-state index contributed by atoms with van der Waals surface area (Å²) in [6, 6.07) is 9.46. The summed E-state index contributed by atoms with van der Waals surface area (Å²) in [7, 11) is 1.99. The Labute approximate surface area is 176 Å². The van der Waals surface area contributed by atoms with Crippen LogP contribution in [0.5, 0.6) is 0 Å². The Bertz CT molecular complexity index is 722. The maximum absolute atomic E-state index is 13.3. The molecule has 2 heterocycles. The number of carbonyl (C=O) groups excluding carboxylic acids is 1. The first-order valence-corrected chi connectivity index (χ1v) is 12.3. The molecule has 3 heteroatoms. The lowest BCUT2D eigenvalue weighted by atomic mass is 9.67. The molecular formula is C26H38N2O. The smallest absolute Gasteiger partial charge is 0.233 e. The topological polar surface area (TPSA) is 23.6 Å². The molecule has 3 fully saturated rings. The number of rotatable bonds is 2. The second-order valence-corrected chi connectivity index (χ2v) is 10.4. The highest BCUT2D eigenvalue weighted by Crippen LogP contribution is 2.44. The minimum atomic E-state index is -0.264. The van der Waals surface area contributed by atoms with Crippen molar-refractivity contribution in [2.24, 2.45) is 11.8 Å². The van der Waals surface area contributed by atoms with Crippen molar-refractivity contribution in [1.29, 1.82) is 0 Å². The third-order valence-electron chi connectivity index (χ3n) is 8.92. The van der Waals surface area contributed by atoms with E-state index in [1.165, 1.54) is 68.9 Å². The van der Waals surface area contributed by atoms with Gasteiger partial charge in [-0.1, -0.05) is 56.4 Å². The molecule has 1 amide bonds. The summed E-state index contributed by atoms with van der Waals surface area (Å²) in [5, 5.41) is 0. The van der Waals surface area contributed by atoms with Crippen LogP contribution in [0.25, 0.3) is 0 Å². The predicted octanol–water partition coefficient (Wildman–Crippen LogP) is 5.13. The molecule has 5 rings (SSSR count). The SMILES string of the molecule is CN1Cc2ccccc2C2(CCN([C@H]3CC[C@@H](C4CCCCC4)CC3)CC2)C1=O. The van der Waals surface area contributed by atoms with Crippen LogP contribution in [0.3, 0.4) is 0 Å². The molecule has 2 aliphatic carbocycles. The van der Waals surface area contributed by atoms with Crippen molar-refractivity contribution in [3.8, 4) is 0 Å². The zero-order valence-electron chi connectivity index (χ0n) is 18.2. The maximum Gasteiger partial charge on any atom is 0.233 e. The van der Waals surface area contributed by atoms with E-state index in [0.29, 0.717) is 5.91 Å². The summed E-state index contributed by atoms with van der Waals surface area (Å²) >= 11 is 0. The van der Waals surface area contributed by atoms with E-state index in [0.717, 1.165) is 50.4 Å². The molecule has 0 N–H and O–H groups in total. The summed E-state index contributed by atoms with van der Waals surface area (Å²) in [6.45, 7) is 2.95. The Hall–Kier alpha value is -1.35. The second-order valence-electron chi connectivity index (χ2n) is 10.4. The minimum absolute atomic E-state index is 0.264. The molecule has 158 valence electrons. The van der Waals surface area contributed by atoms with Gasteiger partial charge >= 0.3 is 0 Å². The fourth-order valence-corrected chi connectivity index (χ4v) is 7.23. The number of piperidine rings is 1. The molecular weight excluding hydrogens is 356 g/mol. The Morgan fingerprint density at radius 2 is 1.52 bits per heavy atom. The van der Waals surface area contributed by atoms with Gasteiger partial charge in [0.2, 0.25) is 5.91 Å². The van der Waals surface area contributed by atoms with Crippen molar-refractivity contribution in [3.63, 3.8) is 0 Å². The van der Waals surface area contributed by atoms with Gasteiger partial charge in [-0.15, -0.1) is 0 Å². The van der Waals surface area contributed by atoms with Crippen LogP contribution >= 0.6 is 0 Å². The lowest BCUT2D eigenvalue weighted by Gasteiger charge is -2.49. The number of hydrogen-bond donors (Lipinski definition) is 0.